The molecule has 0 saturated carbocycles. The number of nitrogens with one attached hydrogen (secondary N) is 1. The van der Waals surface area contributed by atoms with Crippen molar-refractivity contribution in [1.82, 2.24) is 4.98 Å². The van der Waals surface area contributed by atoms with Gasteiger partial charge in [-0.3, -0.25) is 4.72 Å². The SMILES string of the molecule is [C-]#[N+]c1cccc(-c2ccc(S(=O)(=O)Nc3cccc(C)n3)cc2)c1. The molecule has 0 aliphatic rings. The van der Waals surface area contributed by atoms with Crippen LogP contribution < -0.4 is 4.72 Å². The molecular weight excluding hydrogens is 334 g/mol. The third kappa shape index (κ3) is 3.84. The number of hydrogen-bond acceptors (Lipinski definition) is 3. The Balaban J connectivity index is 1.87. The van der Waals surface area contributed by atoms with Crippen molar-refractivity contribution in [2.75, 3.05) is 4.72 Å². The van der Waals surface area contributed by atoms with E-state index in [0.29, 0.717) is 5.69 Å². The molecule has 0 spiro atoms. The average Bonchev–Trinajstić information content (AvgIpc) is 2.61. The zero-order valence-electron chi connectivity index (χ0n) is 13.5. The van der Waals surface area contributed by atoms with Crippen molar-refractivity contribution in [3.8, 4) is 11.1 Å². The molecule has 25 heavy (non-hydrogen) atoms. The number of hydrogen-bond donors (Lipinski definition) is 1. The van der Waals surface area contributed by atoms with Gasteiger partial charge in [0.05, 0.1) is 11.5 Å². The number of benzene rings is 2. The molecule has 2 aromatic carbocycles. The summed E-state index contributed by atoms with van der Waals surface area (Å²) in [4.78, 5) is 7.71. The minimum absolute atomic E-state index is 0.154. The van der Waals surface area contributed by atoms with Gasteiger partial charge in [0.15, 0.2) is 5.69 Å². The predicted molar refractivity (Wildman–Crippen MR) is 97.9 cm³/mol. The molecule has 1 aromatic heterocycles. The second-order valence-corrected chi connectivity index (χ2v) is 7.14. The normalized spacial score (nSPS) is 10.9. The Bertz CT molecular complexity index is 1050. The topological polar surface area (TPSA) is 63.4 Å². The van der Waals surface area contributed by atoms with E-state index < -0.39 is 10.0 Å². The van der Waals surface area contributed by atoms with Crippen molar-refractivity contribution in [3.05, 3.63) is 83.8 Å². The maximum atomic E-state index is 12.5. The van der Waals surface area contributed by atoms with Crippen LogP contribution in [0.4, 0.5) is 11.5 Å². The van der Waals surface area contributed by atoms with Crippen LogP contribution in [-0.4, -0.2) is 13.4 Å². The van der Waals surface area contributed by atoms with E-state index >= 15 is 0 Å². The van der Waals surface area contributed by atoms with Crippen LogP contribution in [0.1, 0.15) is 5.69 Å². The summed E-state index contributed by atoms with van der Waals surface area (Å²) in [6.07, 6.45) is 0. The molecule has 0 saturated heterocycles. The Hall–Kier alpha value is -3.17. The fraction of sp³-hybridized carbons (Fsp3) is 0.0526. The van der Waals surface area contributed by atoms with Crippen molar-refractivity contribution in [1.29, 1.82) is 0 Å². The number of nitrogens with zero attached hydrogens (tertiary/aromatic N) is 2. The average molecular weight is 349 g/mol. The lowest BCUT2D eigenvalue weighted by molar-refractivity contribution is 0.601. The number of rotatable bonds is 4. The Kier molecular flexibility index (Phi) is 4.50. The van der Waals surface area contributed by atoms with E-state index in [1.165, 1.54) is 12.1 Å². The molecule has 3 aromatic rings. The van der Waals surface area contributed by atoms with E-state index in [9.17, 15) is 8.42 Å². The van der Waals surface area contributed by atoms with E-state index in [2.05, 4.69) is 14.6 Å². The summed E-state index contributed by atoms with van der Waals surface area (Å²) in [6, 6.07) is 18.9. The van der Waals surface area contributed by atoms with E-state index in [1.54, 1.807) is 55.5 Å². The maximum Gasteiger partial charge on any atom is 0.263 e. The van der Waals surface area contributed by atoms with Crippen LogP contribution in [-0.2, 0) is 10.0 Å². The summed E-state index contributed by atoms with van der Waals surface area (Å²) in [6.45, 7) is 8.87. The van der Waals surface area contributed by atoms with Crippen molar-refractivity contribution >= 4 is 21.5 Å². The van der Waals surface area contributed by atoms with Crippen molar-refractivity contribution in [3.63, 3.8) is 0 Å². The fourth-order valence-electron chi connectivity index (χ4n) is 2.38. The van der Waals surface area contributed by atoms with Gasteiger partial charge in [-0.2, -0.15) is 0 Å². The Morgan fingerprint density at radius 3 is 2.36 bits per heavy atom. The van der Waals surface area contributed by atoms with Crippen molar-refractivity contribution < 1.29 is 8.42 Å². The summed E-state index contributed by atoms with van der Waals surface area (Å²) in [5.74, 6) is 0.286. The summed E-state index contributed by atoms with van der Waals surface area (Å²) in [5.41, 5.74) is 2.99. The quantitative estimate of drug-likeness (QED) is 0.710. The predicted octanol–water partition coefficient (Wildman–Crippen LogP) is 4.41. The molecule has 0 atom stereocenters. The number of aromatic nitrogens is 1. The van der Waals surface area contributed by atoms with Crippen LogP contribution in [0.25, 0.3) is 16.0 Å². The van der Waals surface area contributed by atoms with E-state index in [0.717, 1.165) is 16.8 Å². The summed E-state index contributed by atoms with van der Waals surface area (Å²) in [5, 5.41) is 0. The number of sulfonamides is 1. The van der Waals surface area contributed by atoms with Gasteiger partial charge in [0, 0.05) is 5.69 Å². The lowest BCUT2D eigenvalue weighted by atomic mass is 10.1. The fourth-order valence-corrected chi connectivity index (χ4v) is 3.38. The van der Waals surface area contributed by atoms with E-state index in [1.807, 2.05) is 6.07 Å². The Labute approximate surface area is 146 Å². The first-order valence-electron chi connectivity index (χ1n) is 7.52. The van der Waals surface area contributed by atoms with Gasteiger partial charge in [0.2, 0.25) is 0 Å². The molecule has 0 aliphatic carbocycles. The second kappa shape index (κ2) is 6.75. The van der Waals surface area contributed by atoms with Crippen LogP contribution >= 0.6 is 0 Å². The highest BCUT2D eigenvalue weighted by Gasteiger charge is 2.15. The zero-order valence-corrected chi connectivity index (χ0v) is 14.3. The van der Waals surface area contributed by atoms with E-state index in [4.69, 9.17) is 6.57 Å². The molecule has 0 radical (unpaired) electrons. The lowest BCUT2D eigenvalue weighted by Gasteiger charge is -2.09. The molecule has 0 fully saturated rings. The first kappa shape index (κ1) is 16.7. The molecule has 0 unspecified atom stereocenters. The van der Waals surface area contributed by atoms with Gasteiger partial charge in [-0.1, -0.05) is 36.4 Å². The number of pyridine rings is 1. The van der Waals surface area contributed by atoms with Gasteiger partial charge in [-0.25, -0.2) is 18.2 Å². The minimum atomic E-state index is -3.70. The molecular formula is C19H15N3O2S. The molecule has 3 rings (SSSR count). The van der Waals surface area contributed by atoms with E-state index in [-0.39, 0.29) is 10.7 Å². The Morgan fingerprint density at radius 2 is 1.68 bits per heavy atom. The van der Waals surface area contributed by atoms with Crippen LogP contribution in [0.3, 0.4) is 0 Å². The van der Waals surface area contributed by atoms with Crippen LogP contribution in [0, 0.1) is 13.5 Å². The Morgan fingerprint density at radius 1 is 0.960 bits per heavy atom. The summed E-state index contributed by atoms with van der Waals surface area (Å²) in [7, 11) is -3.70. The largest absolute Gasteiger partial charge is 0.263 e. The molecule has 0 bridgehead atoms. The van der Waals surface area contributed by atoms with Gasteiger partial charge < -0.3 is 0 Å². The highest BCUT2D eigenvalue weighted by atomic mass is 32.2. The first-order valence-corrected chi connectivity index (χ1v) is 9.01. The number of anilines is 1. The highest BCUT2D eigenvalue weighted by molar-refractivity contribution is 7.92. The second-order valence-electron chi connectivity index (χ2n) is 5.46. The lowest BCUT2D eigenvalue weighted by Crippen LogP contribution is -2.14. The monoisotopic (exact) mass is 349 g/mol. The van der Waals surface area contributed by atoms with Gasteiger partial charge in [0.1, 0.15) is 5.82 Å². The van der Waals surface area contributed by atoms with Crippen molar-refractivity contribution in [2.45, 2.75) is 11.8 Å². The van der Waals surface area contributed by atoms with Gasteiger partial charge in [-0.05, 0) is 48.4 Å². The van der Waals surface area contributed by atoms with Crippen LogP contribution in [0.2, 0.25) is 0 Å². The molecule has 1 heterocycles. The van der Waals surface area contributed by atoms with Gasteiger partial charge in [0.25, 0.3) is 10.0 Å². The summed E-state index contributed by atoms with van der Waals surface area (Å²) >= 11 is 0. The smallest absolute Gasteiger partial charge is 0.263 e. The molecule has 124 valence electrons. The zero-order chi connectivity index (χ0) is 17.9. The molecule has 5 nitrogen and oxygen atoms in total. The first-order chi connectivity index (χ1) is 12.0. The third-order valence-electron chi connectivity index (χ3n) is 3.60. The molecule has 1 N–H and O–H groups in total. The minimum Gasteiger partial charge on any atom is -0.263 e. The third-order valence-corrected chi connectivity index (χ3v) is 4.97. The van der Waals surface area contributed by atoms with Crippen molar-refractivity contribution in [2.24, 2.45) is 0 Å². The number of aryl methyl sites for hydroxylation is 1. The standard InChI is InChI=1S/C19H15N3O2S/c1-14-5-3-8-19(21-14)22-25(23,24)18-11-9-15(10-12-18)16-6-4-7-17(13-16)20-2/h3-13H,1H3,(H,21,22). The molecule has 0 amide bonds. The van der Waals surface area contributed by atoms with Gasteiger partial charge >= 0.3 is 0 Å². The van der Waals surface area contributed by atoms with Crippen LogP contribution in [0.5, 0.6) is 0 Å². The van der Waals surface area contributed by atoms with Gasteiger partial charge in [-0.15, -0.1) is 0 Å². The maximum absolute atomic E-state index is 12.5. The molecule has 0 aliphatic heterocycles. The summed E-state index contributed by atoms with van der Waals surface area (Å²) < 4.78 is 27.4. The highest BCUT2D eigenvalue weighted by Crippen LogP contribution is 2.25. The van der Waals surface area contributed by atoms with Crippen LogP contribution in [0.15, 0.2) is 71.6 Å². The molecule has 6 heteroatoms.